The maximum Gasteiger partial charge on any atom is 0.224 e. The topological polar surface area (TPSA) is 29.1 Å². The number of halogens is 2. The molecular weight excluding hydrogens is 248 g/mol. The minimum Gasteiger partial charge on any atom is -0.359 e. The van der Waals surface area contributed by atoms with Gasteiger partial charge in [0, 0.05) is 7.05 Å². The molecule has 2 nitrogen and oxygen atoms in total. The molecule has 0 bridgehead atoms. The number of carbonyl (C=O) groups is 1. The molecule has 0 spiro atoms. The lowest BCUT2D eigenvalue weighted by Crippen LogP contribution is -2.19. The van der Waals surface area contributed by atoms with Crippen LogP contribution < -0.4 is 5.32 Å². The van der Waals surface area contributed by atoms with Gasteiger partial charge in [0.2, 0.25) is 5.91 Å². The largest absolute Gasteiger partial charge is 0.359 e. The highest BCUT2D eigenvalue weighted by Gasteiger charge is 2.05. The first-order valence-corrected chi connectivity index (χ1v) is 5.85. The number of hydrogen-bond donors (Lipinski definition) is 1. The van der Waals surface area contributed by atoms with E-state index in [-0.39, 0.29) is 5.91 Å². The molecule has 0 saturated heterocycles. The summed E-state index contributed by atoms with van der Waals surface area (Å²) >= 11 is 0. The predicted molar refractivity (Wildman–Crippen MR) is 69.6 cm³/mol. The fraction of sp³-hybridized carbons (Fsp3) is 0.133. The number of rotatable bonds is 3. The Morgan fingerprint density at radius 2 is 1.63 bits per heavy atom. The van der Waals surface area contributed by atoms with Crippen molar-refractivity contribution in [3.8, 4) is 11.1 Å². The third kappa shape index (κ3) is 3.16. The van der Waals surface area contributed by atoms with Crippen molar-refractivity contribution in [2.45, 2.75) is 6.42 Å². The Balaban J connectivity index is 2.22. The number of amides is 1. The van der Waals surface area contributed by atoms with Crippen molar-refractivity contribution in [3.05, 3.63) is 59.7 Å². The van der Waals surface area contributed by atoms with Crippen LogP contribution in [0.5, 0.6) is 0 Å². The normalized spacial score (nSPS) is 10.3. The quantitative estimate of drug-likeness (QED) is 0.904. The molecule has 0 unspecified atom stereocenters. The Morgan fingerprint density at radius 3 is 2.21 bits per heavy atom. The van der Waals surface area contributed by atoms with Gasteiger partial charge in [-0.05, 0) is 28.8 Å². The molecule has 4 heteroatoms. The van der Waals surface area contributed by atoms with E-state index in [1.165, 1.54) is 6.07 Å². The van der Waals surface area contributed by atoms with Gasteiger partial charge in [-0.25, -0.2) is 8.78 Å². The van der Waals surface area contributed by atoms with Gasteiger partial charge in [0.15, 0.2) is 11.6 Å². The molecule has 98 valence electrons. The maximum atomic E-state index is 13.1. The fourth-order valence-electron chi connectivity index (χ4n) is 1.76. The van der Waals surface area contributed by atoms with Gasteiger partial charge in [-0.3, -0.25) is 4.79 Å². The van der Waals surface area contributed by atoms with Crippen LogP contribution in [0.2, 0.25) is 0 Å². The summed E-state index contributed by atoms with van der Waals surface area (Å²) in [4.78, 5) is 11.2. The first-order chi connectivity index (χ1) is 9.10. The van der Waals surface area contributed by atoms with Crippen molar-refractivity contribution in [1.82, 2.24) is 5.32 Å². The van der Waals surface area contributed by atoms with Crippen LogP contribution in [0.25, 0.3) is 11.1 Å². The number of likely N-dealkylation sites (N-methyl/N-ethyl adjacent to an activating group) is 1. The van der Waals surface area contributed by atoms with Gasteiger partial charge in [-0.1, -0.05) is 30.3 Å². The number of nitrogens with one attached hydrogen (secondary N) is 1. The monoisotopic (exact) mass is 261 g/mol. The van der Waals surface area contributed by atoms with Gasteiger partial charge >= 0.3 is 0 Å². The van der Waals surface area contributed by atoms with Crippen molar-refractivity contribution in [2.75, 3.05) is 7.05 Å². The average Bonchev–Trinajstić information content (AvgIpc) is 2.42. The molecule has 0 aliphatic rings. The maximum absolute atomic E-state index is 13.1. The summed E-state index contributed by atoms with van der Waals surface area (Å²) in [6, 6.07) is 10.9. The van der Waals surface area contributed by atoms with Gasteiger partial charge in [0.05, 0.1) is 6.42 Å². The number of hydrogen-bond acceptors (Lipinski definition) is 1. The summed E-state index contributed by atoms with van der Waals surface area (Å²) in [6.45, 7) is 0. The first kappa shape index (κ1) is 13.2. The Kier molecular flexibility index (Phi) is 3.90. The second-order valence-corrected chi connectivity index (χ2v) is 4.18. The predicted octanol–water partition coefficient (Wildman–Crippen LogP) is 2.92. The fourth-order valence-corrected chi connectivity index (χ4v) is 1.76. The van der Waals surface area contributed by atoms with E-state index in [0.29, 0.717) is 12.0 Å². The second kappa shape index (κ2) is 5.61. The lowest BCUT2D eigenvalue weighted by molar-refractivity contribution is -0.119. The van der Waals surface area contributed by atoms with Gasteiger partial charge in [0.1, 0.15) is 0 Å². The minimum absolute atomic E-state index is 0.0689. The Labute approximate surface area is 110 Å². The highest BCUT2D eigenvalue weighted by Crippen LogP contribution is 2.22. The lowest BCUT2D eigenvalue weighted by atomic mass is 10.0. The number of benzene rings is 2. The molecule has 1 N–H and O–H groups in total. The minimum atomic E-state index is -0.869. The zero-order valence-corrected chi connectivity index (χ0v) is 10.4. The smallest absolute Gasteiger partial charge is 0.224 e. The summed E-state index contributed by atoms with van der Waals surface area (Å²) in [5.74, 6) is -1.80. The average molecular weight is 261 g/mol. The van der Waals surface area contributed by atoms with Gasteiger partial charge in [0.25, 0.3) is 0 Å². The molecule has 0 atom stereocenters. The SMILES string of the molecule is CNC(=O)Cc1ccc(-c2ccc(F)c(F)c2)cc1. The van der Waals surface area contributed by atoms with Crippen LogP contribution in [0.1, 0.15) is 5.56 Å². The molecule has 0 aliphatic carbocycles. The third-order valence-corrected chi connectivity index (χ3v) is 2.85. The van der Waals surface area contributed by atoms with Crippen LogP contribution >= 0.6 is 0 Å². The zero-order chi connectivity index (χ0) is 13.8. The highest BCUT2D eigenvalue weighted by atomic mass is 19.2. The van der Waals surface area contributed by atoms with E-state index in [1.807, 2.05) is 0 Å². The Bertz CT molecular complexity index is 594. The van der Waals surface area contributed by atoms with E-state index in [0.717, 1.165) is 23.3 Å². The Morgan fingerprint density at radius 1 is 1.00 bits per heavy atom. The van der Waals surface area contributed by atoms with Crippen LogP contribution in [-0.2, 0) is 11.2 Å². The van der Waals surface area contributed by atoms with Gasteiger partial charge < -0.3 is 5.32 Å². The van der Waals surface area contributed by atoms with Crippen molar-refractivity contribution in [2.24, 2.45) is 0 Å². The van der Waals surface area contributed by atoms with Crippen LogP contribution in [-0.4, -0.2) is 13.0 Å². The summed E-state index contributed by atoms with van der Waals surface area (Å²) in [6.07, 6.45) is 0.300. The van der Waals surface area contributed by atoms with Gasteiger partial charge in [-0.2, -0.15) is 0 Å². The van der Waals surface area contributed by atoms with E-state index in [2.05, 4.69) is 5.32 Å². The summed E-state index contributed by atoms with van der Waals surface area (Å²) < 4.78 is 26.0. The Hall–Kier alpha value is -2.23. The molecule has 2 rings (SSSR count). The van der Waals surface area contributed by atoms with E-state index < -0.39 is 11.6 Å². The van der Waals surface area contributed by atoms with Crippen LogP contribution in [0.3, 0.4) is 0 Å². The van der Waals surface area contributed by atoms with Crippen molar-refractivity contribution in [1.29, 1.82) is 0 Å². The second-order valence-electron chi connectivity index (χ2n) is 4.18. The molecule has 1 amide bonds. The molecule has 19 heavy (non-hydrogen) atoms. The van der Waals surface area contributed by atoms with E-state index in [9.17, 15) is 13.6 Å². The molecule has 0 aliphatic heterocycles. The molecule has 0 radical (unpaired) electrons. The van der Waals surface area contributed by atoms with Crippen molar-refractivity contribution < 1.29 is 13.6 Å². The standard InChI is InChI=1S/C15H13F2NO/c1-18-15(19)8-10-2-4-11(5-3-10)12-6-7-13(16)14(17)9-12/h2-7,9H,8H2,1H3,(H,18,19). The van der Waals surface area contributed by atoms with E-state index in [1.54, 1.807) is 31.3 Å². The van der Waals surface area contributed by atoms with Crippen LogP contribution in [0.4, 0.5) is 8.78 Å². The zero-order valence-electron chi connectivity index (χ0n) is 10.4. The van der Waals surface area contributed by atoms with Crippen molar-refractivity contribution >= 4 is 5.91 Å². The lowest BCUT2D eigenvalue weighted by Gasteiger charge is -2.05. The van der Waals surface area contributed by atoms with Gasteiger partial charge in [-0.15, -0.1) is 0 Å². The molecule has 0 aromatic heterocycles. The van der Waals surface area contributed by atoms with Crippen LogP contribution in [0, 0.1) is 11.6 Å². The molecule has 0 fully saturated rings. The third-order valence-electron chi connectivity index (χ3n) is 2.85. The summed E-state index contributed by atoms with van der Waals surface area (Å²) in [7, 11) is 1.58. The molecule has 0 heterocycles. The molecule has 2 aromatic rings. The van der Waals surface area contributed by atoms with E-state index in [4.69, 9.17) is 0 Å². The molecular formula is C15H13F2NO. The first-order valence-electron chi connectivity index (χ1n) is 5.85. The number of carbonyl (C=O) groups excluding carboxylic acids is 1. The van der Waals surface area contributed by atoms with Crippen molar-refractivity contribution in [3.63, 3.8) is 0 Å². The molecule has 2 aromatic carbocycles. The van der Waals surface area contributed by atoms with E-state index >= 15 is 0 Å². The summed E-state index contributed by atoms with van der Waals surface area (Å²) in [5, 5.41) is 2.54. The summed E-state index contributed by atoms with van der Waals surface area (Å²) in [5.41, 5.74) is 2.25. The highest BCUT2D eigenvalue weighted by molar-refractivity contribution is 5.78. The van der Waals surface area contributed by atoms with Crippen LogP contribution in [0.15, 0.2) is 42.5 Å². The molecule has 0 saturated carbocycles.